The Labute approximate surface area is 453 Å². The van der Waals surface area contributed by atoms with E-state index >= 15 is 0 Å². The lowest BCUT2D eigenvalue weighted by Crippen LogP contribution is -2.60. The van der Waals surface area contributed by atoms with E-state index in [1.807, 2.05) is 6.08 Å². The molecule has 1 fully saturated rings. The molecule has 0 aromatic heterocycles. The highest BCUT2D eigenvalue weighted by molar-refractivity contribution is 5.76. The number of hydrogen-bond acceptors (Lipinski definition) is 8. The summed E-state index contributed by atoms with van der Waals surface area (Å²) in [5, 5.41) is 54.5. The molecule has 9 nitrogen and oxygen atoms in total. The molecule has 0 radical (unpaired) electrons. The monoisotopic (exact) mass is 1040 g/mol. The number of hydrogen-bond donors (Lipinski definition) is 6. The fourth-order valence-corrected chi connectivity index (χ4v) is 9.10. The van der Waals surface area contributed by atoms with Crippen LogP contribution in [-0.2, 0) is 14.3 Å². The number of ether oxygens (including phenoxy) is 2. The number of rotatable bonds is 51. The van der Waals surface area contributed by atoms with Crippen LogP contribution in [0.25, 0.3) is 0 Å². The number of carbonyl (C=O) groups excluding carboxylic acids is 1. The van der Waals surface area contributed by atoms with Gasteiger partial charge in [-0.05, 0) is 89.9 Å². The van der Waals surface area contributed by atoms with E-state index in [1.54, 1.807) is 6.08 Å². The molecule has 1 heterocycles. The van der Waals surface area contributed by atoms with Crippen molar-refractivity contribution in [2.45, 2.75) is 294 Å². The second kappa shape index (κ2) is 53.5. The Balaban J connectivity index is 2.18. The molecule has 0 aromatic rings. The van der Waals surface area contributed by atoms with Crippen LogP contribution in [0.3, 0.4) is 0 Å². The first-order chi connectivity index (χ1) is 36.3. The third kappa shape index (κ3) is 42.2. The summed E-state index contributed by atoms with van der Waals surface area (Å²) >= 11 is 0. The molecule has 426 valence electrons. The fourth-order valence-electron chi connectivity index (χ4n) is 9.10. The number of nitrogens with one attached hydrogen (secondary N) is 1. The largest absolute Gasteiger partial charge is 0.394 e. The minimum absolute atomic E-state index is 0.192. The summed E-state index contributed by atoms with van der Waals surface area (Å²) in [6.45, 7) is 3.65. The Hall–Kier alpha value is -2.89. The third-order valence-corrected chi connectivity index (χ3v) is 13.9. The van der Waals surface area contributed by atoms with Crippen LogP contribution in [0.5, 0.6) is 0 Å². The van der Waals surface area contributed by atoms with Crippen molar-refractivity contribution in [3.63, 3.8) is 0 Å². The molecule has 6 N–H and O–H groups in total. The first kappa shape index (κ1) is 69.1. The van der Waals surface area contributed by atoms with Gasteiger partial charge in [0.15, 0.2) is 6.29 Å². The van der Waals surface area contributed by atoms with Gasteiger partial charge < -0.3 is 40.3 Å². The second-order valence-electron chi connectivity index (χ2n) is 20.7. The van der Waals surface area contributed by atoms with Crippen molar-refractivity contribution in [1.29, 1.82) is 0 Å². The molecule has 0 aliphatic carbocycles. The number of unbranched alkanes of at least 4 members (excludes halogenated alkanes) is 27. The van der Waals surface area contributed by atoms with Gasteiger partial charge in [-0.2, -0.15) is 0 Å². The van der Waals surface area contributed by atoms with Crippen molar-refractivity contribution in [3.8, 4) is 0 Å². The SMILES string of the molecule is CC/C=C\C/C=C\C/C=C\C/C=C\C/C=C\CCCCCCCCCCCCCCCCCCCC(=O)NC(COC1OC(CO)C(O)C(O)C1O)C(O)/C=C/CC/C=C/CC/C=C/CCCCCCCCCC. The van der Waals surface area contributed by atoms with Gasteiger partial charge in [-0.3, -0.25) is 4.79 Å². The minimum Gasteiger partial charge on any atom is -0.394 e. The van der Waals surface area contributed by atoms with Crippen LogP contribution in [0.15, 0.2) is 97.2 Å². The Morgan fingerprint density at radius 1 is 0.473 bits per heavy atom. The number of aliphatic hydroxyl groups is 5. The van der Waals surface area contributed by atoms with Crippen LogP contribution < -0.4 is 5.32 Å². The van der Waals surface area contributed by atoms with E-state index in [-0.39, 0.29) is 12.5 Å². The highest BCUT2D eigenvalue weighted by Gasteiger charge is 2.44. The smallest absolute Gasteiger partial charge is 0.220 e. The average Bonchev–Trinajstić information content (AvgIpc) is 3.40. The molecular weight excluding hydrogens is 923 g/mol. The van der Waals surface area contributed by atoms with E-state index < -0.39 is 49.5 Å². The highest BCUT2D eigenvalue weighted by Crippen LogP contribution is 2.23. The number of amides is 1. The summed E-state index contributed by atoms with van der Waals surface area (Å²) in [6.07, 6.45) is 70.5. The zero-order valence-electron chi connectivity index (χ0n) is 47.3. The van der Waals surface area contributed by atoms with Gasteiger partial charge in [-0.1, -0.05) is 252 Å². The highest BCUT2D eigenvalue weighted by atomic mass is 16.7. The van der Waals surface area contributed by atoms with Gasteiger partial charge in [0.05, 0.1) is 25.4 Å². The standard InChI is InChI=1S/C65H113NO8/c1-3-5-7-9-11-13-15-17-19-21-23-24-25-26-27-28-29-30-31-32-33-34-35-36-37-39-41-43-45-47-49-51-53-55-61(69)66-58(57-73-65-64(72)63(71)62(70)60(56-67)74-65)59(68)54-52-50-48-46-44-42-40-38-22-20-18-16-14-12-10-8-6-4-2/h5,7,11,13,17,19,22-24,26-27,38,44,46,52,54,58-60,62-65,67-68,70-72H,3-4,6,8-10,12,14-16,18,20-21,25,28-37,39-43,45,47-51,53,55-57H2,1-2H3,(H,66,69)/b7-5-,13-11-,19-17-,24-23-,27-26-,38-22+,46-44+,54-52+. The molecule has 0 bridgehead atoms. The number of allylic oxidation sites excluding steroid dienone is 15. The first-order valence-electron chi connectivity index (χ1n) is 30.5. The predicted molar refractivity (Wildman–Crippen MR) is 313 cm³/mol. The van der Waals surface area contributed by atoms with Crippen LogP contribution in [-0.4, -0.2) is 87.5 Å². The zero-order valence-corrected chi connectivity index (χ0v) is 47.3. The van der Waals surface area contributed by atoms with Gasteiger partial charge in [0.1, 0.15) is 24.4 Å². The van der Waals surface area contributed by atoms with Crippen molar-refractivity contribution in [3.05, 3.63) is 97.2 Å². The summed E-state index contributed by atoms with van der Waals surface area (Å²) in [5.74, 6) is -0.192. The molecule has 1 saturated heterocycles. The molecule has 7 unspecified atom stereocenters. The summed E-state index contributed by atoms with van der Waals surface area (Å²) in [4.78, 5) is 13.1. The van der Waals surface area contributed by atoms with Gasteiger partial charge in [0.25, 0.3) is 0 Å². The minimum atomic E-state index is -1.58. The molecule has 74 heavy (non-hydrogen) atoms. The van der Waals surface area contributed by atoms with Crippen molar-refractivity contribution < 1.29 is 39.8 Å². The van der Waals surface area contributed by atoms with Crippen LogP contribution in [0, 0.1) is 0 Å². The molecule has 1 aliphatic rings. The lowest BCUT2D eigenvalue weighted by molar-refractivity contribution is -0.302. The summed E-state index contributed by atoms with van der Waals surface area (Å²) < 4.78 is 11.3. The Morgan fingerprint density at radius 3 is 1.30 bits per heavy atom. The molecule has 9 heteroatoms. The molecule has 0 spiro atoms. The molecule has 1 aliphatic heterocycles. The number of aliphatic hydroxyl groups excluding tert-OH is 5. The van der Waals surface area contributed by atoms with E-state index in [4.69, 9.17) is 9.47 Å². The predicted octanol–water partition coefficient (Wildman–Crippen LogP) is 15.6. The molecule has 1 amide bonds. The molecule has 0 aromatic carbocycles. The van der Waals surface area contributed by atoms with Crippen molar-refractivity contribution >= 4 is 5.91 Å². The molecule has 0 saturated carbocycles. The van der Waals surface area contributed by atoms with E-state index in [2.05, 4.69) is 104 Å². The molecule has 1 rings (SSSR count). The van der Waals surface area contributed by atoms with Crippen molar-refractivity contribution in [2.24, 2.45) is 0 Å². The topological polar surface area (TPSA) is 149 Å². The van der Waals surface area contributed by atoms with E-state index in [0.717, 1.165) is 83.5 Å². The Kier molecular flexibility index (Phi) is 50.0. The fraction of sp³-hybridized carbons (Fsp3) is 0.738. The second-order valence-corrected chi connectivity index (χ2v) is 20.7. The van der Waals surface area contributed by atoms with Crippen LogP contribution in [0.4, 0.5) is 0 Å². The average molecular weight is 1040 g/mol. The van der Waals surface area contributed by atoms with E-state index in [1.165, 1.54) is 148 Å². The lowest BCUT2D eigenvalue weighted by Gasteiger charge is -2.40. The van der Waals surface area contributed by atoms with Gasteiger partial charge in [0, 0.05) is 6.42 Å². The van der Waals surface area contributed by atoms with Crippen molar-refractivity contribution in [1.82, 2.24) is 5.32 Å². The summed E-state index contributed by atoms with van der Waals surface area (Å²) in [7, 11) is 0. The van der Waals surface area contributed by atoms with Crippen LogP contribution in [0.1, 0.15) is 251 Å². The zero-order chi connectivity index (χ0) is 53.6. The Bertz CT molecular complexity index is 1480. The van der Waals surface area contributed by atoms with Crippen LogP contribution >= 0.6 is 0 Å². The maximum atomic E-state index is 13.1. The summed E-state index contributed by atoms with van der Waals surface area (Å²) in [6, 6.07) is -0.833. The van der Waals surface area contributed by atoms with Gasteiger partial charge in [-0.25, -0.2) is 0 Å². The maximum Gasteiger partial charge on any atom is 0.220 e. The quantitative estimate of drug-likeness (QED) is 0.0261. The Morgan fingerprint density at radius 2 is 0.851 bits per heavy atom. The number of carbonyl (C=O) groups is 1. The van der Waals surface area contributed by atoms with Gasteiger partial charge in [0.2, 0.25) is 5.91 Å². The van der Waals surface area contributed by atoms with Crippen molar-refractivity contribution in [2.75, 3.05) is 13.2 Å². The first-order valence-corrected chi connectivity index (χ1v) is 30.5. The molecular formula is C65H113NO8. The third-order valence-electron chi connectivity index (χ3n) is 13.9. The molecule has 7 atom stereocenters. The van der Waals surface area contributed by atoms with Gasteiger partial charge >= 0.3 is 0 Å². The van der Waals surface area contributed by atoms with E-state index in [0.29, 0.717) is 6.42 Å². The normalized spacial score (nSPS) is 19.7. The van der Waals surface area contributed by atoms with Gasteiger partial charge in [-0.15, -0.1) is 0 Å². The maximum absolute atomic E-state index is 13.1. The van der Waals surface area contributed by atoms with Crippen LogP contribution in [0.2, 0.25) is 0 Å². The lowest BCUT2D eigenvalue weighted by atomic mass is 9.99. The van der Waals surface area contributed by atoms with E-state index in [9.17, 15) is 30.3 Å². The summed E-state index contributed by atoms with van der Waals surface area (Å²) in [5.41, 5.74) is 0.